The fraction of sp³-hybridized carbons (Fsp3) is 0.294. The van der Waals surface area contributed by atoms with Crippen molar-refractivity contribution in [1.82, 2.24) is 20.3 Å². The summed E-state index contributed by atoms with van der Waals surface area (Å²) >= 11 is 0. The van der Waals surface area contributed by atoms with Gasteiger partial charge in [-0.2, -0.15) is 0 Å². The lowest BCUT2D eigenvalue weighted by Gasteiger charge is -2.17. The van der Waals surface area contributed by atoms with Crippen LogP contribution in [0.5, 0.6) is 0 Å². The molecular formula is C17H17N5O. The van der Waals surface area contributed by atoms with E-state index >= 15 is 0 Å². The SMILES string of the molecule is C#CC(C)(C)c1ccc(Cc2c(C)nc3nonc3c2N)cn1. The van der Waals surface area contributed by atoms with Crippen molar-refractivity contribution < 1.29 is 4.63 Å². The van der Waals surface area contributed by atoms with Crippen LogP contribution < -0.4 is 5.73 Å². The second-order valence-corrected chi connectivity index (χ2v) is 6.02. The van der Waals surface area contributed by atoms with Gasteiger partial charge in [0, 0.05) is 23.9 Å². The molecule has 6 heteroatoms. The van der Waals surface area contributed by atoms with Crippen LogP contribution in [0.3, 0.4) is 0 Å². The normalized spacial score (nSPS) is 11.6. The minimum Gasteiger partial charge on any atom is -0.396 e. The number of nitrogens with two attached hydrogens (primary N) is 1. The Morgan fingerprint density at radius 1 is 1.30 bits per heavy atom. The Morgan fingerprint density at radius 3 is 2.74 bits per heavy atom. The first-order valence-corrected chi connectivity index (χ1v) is 7.23. The third kappa shape index (κ3) is 2.61. The molecule has 2 N–H and O–H groups in total. The molecule has 0 spiro atoms. The van der Waals surface area contributed by atoms with E-state index < -0.39 is 0 Å². The molecule has 0 aromatic carbocycles. The van der Waals surface area contributed by atoms with Gasteiger partial charge in [-0.15, -0.1) is 6.42 Å². The van der Waals surface area contributed by atoms with E-state index in [1.54, 1.807) is 0 Å². The van der Waals surface area contributed by atoms with Crippen molar-refractivity contribution in [3.63, 3.8) is 0 Å². The van der Waals surface area contributed by atoms with Gasteiger partial charge in [-0.1, -0.05) is 12.0 Å². The summed E-state index contributed by atoms with van der Waals surface area (Å²) in [5.74, 6) is 2.74. The minimum absolute atomic E-state index is 0.389. The standard InChI is InChI=1S/C17H17N5O/c1-5-17(3,4)13-7-6-11(9-19-13)8-12-10(2)20-16-15(14(12)18)21-23-22-16/h1,6-7,9H,8,18H2,2-4H3. The summed E-state index contributed by atoms with van der Waals surface area (Å²) in [4.78, 5) is 8.85. The Balaban J connectivity index is 1.95. The van der Waals surface area contributed by atoms with Crippen LogP contribution >= 0.6 is 0 Å². The first kappa shape index (κ1) is 15.0. The second-order valence-electron chi connectivity index (χ2n) is 6.02. The molecule has 0 amide bonds. The topological polar surface area (TPSA) is 90.7 Å². The van der Waals surface area contributed by atoms with Crippen molar-refractivity contribution in [1.29, 1.82) is 0 Å². The molecule has 0 saturated heterocycles. The molecule has 3 aromatic heterocycles. The van der Waals surface area contributed by atoms with Gasteiger partial charge in [0.25, 0.3) is 0 Å². The van der Waals surface area contributed by atoms with E-state index in [1.165, 1.54) is 0 Å². The van der Waals surface area contributed by atoms with Crippen LogP contribution in [0.4, 0.5) is 5.69 Å². The van der Waals surface area contributed by atoms with Gasteiger partial charge in [-0.25, -0.2) is 9.61 Å². The van der Waals surface area contributed by atoms with Gasteiger partial charge in [-0.3, -0.25) is 4.98 Å². The van der Waals surface area contributed by atoms with Crippen LogP contribution in [0, 0.1) is 19.3 Å². The number of rotatable bonds is 3. The zero-order chi connectivity index (χ0) is 16.6. The average molecular weight is 307 g/mol. The smallest absolute Gasteiger partial charge is 0.226 e. The Bertz CT molecular complexity index is 903. The van der Waals surface area contributed by atoms with Crippen molar-refractivity contribution in [3.05, 3.63) is 40.8 Å². The van der Waals surface area contributed by atoms with Crippen LogP contribution in [-0.2, 0) is 11.8 Å². The maximum atomic E-state index is 6.18. The number of fused-ring (bicyclic) bond motifs is 1. The number of nitrogen functional groups attached to an aromatic ring is 1. The van der Waals surface area contributed by atoms with Crippen molar-refractivity contribution in [2.24, 2.45) is 0 Å². The van der Waals surface area contributed by atoms with E-state index in [0.29, 0.717) is 23.3 Å². The van der Waals surface area contributed by atoms with E-state index in [-0.39, 0.29) is 5.41 Å². The maximum Gasteiger partial charge on any atom is 0.226 e. The molecule has 6 nitrogen and oxygen atoms in total. The van der Waals surface area contributed by atoms with Crippen LogP contribution in [-0.4, -0.2) is 20.3 Å². The third-order valence-corrected chi connectivity index (χ3v) is 3.97. The van der Waals surface area contributed by atoms with Crippen molar-refractivity contribution >= 4 is 16.9 Å². The predicted molar refractivity (Wildman–Crippen MR) is 87.7 cm³/mol. The van der Waals surface area contributed by atoms with Crippen LogP contribution in [0.1, 0.15) is 36.4 Å². The molecule has 0 unspecified atom stereocenters. The van der Waals surface area contributed by atoms with Crippen LogP contribution in [0.25, 0.3) is 11.2 Å². The fourth-order valence-corrected chi connectivity index (χ4v) is 2.39. The summed E-state index contributed by atoms with van der Waals surface area (Å²) in [6.45, 7) is 5.82. The molecule has 23 heavy (non-hydrogen) atoms. The third-order valence-electron chi connectivity index (χ3n) is 3.97. The molecule has 116 valence electrons. The highest BCUT2D eigenvalue weighted by Crippen LogP contribution is 2.26. The molecule has 0 atom stereocenters. The number of nitrogens with zero attached hydrogens (tertiary/aromatic N) is 4. The summed E-state index contributed by atoms with van der Waals surface area (Å²) in [7, 11) is 0. The first-order chi connectivity index (χ1) is 10.9. The molecule has 0 radical (unpaired) electrons. The molecule has 0 saturated carbocycles. The molecule has 0 aliphatic carbocycles. The van der Waals surface area contributed by atoms with Gasteiger partial charge in [0.05, 0.1) is 16.8 Å². The Kier molecular flexibility index (Phi) is 3.49. The number of pyridine rings is 2. The van der Waals surface area contributed by atoms with Gasteiger partial charge in [0.1, 0.15) is 0 Å². The van der Waals surface area contributed by atoms with Crippen molar-refractivity contribution in [2.75, 3.05) is 5.73 Å². The van der Waals surface area contributed by atoms with Gasteiger partial charge in [0.15, 0.2) is 5.52 Å². The largest absolute Gasteiger partial charge is 0.396 e. The molecule has 0 aliphatic heterocycles. The highest BCUT2D eigenvalue weighted by molar-refractivity contribution is 5.85. The maximum absolute atomic E-state index is 6.18. The number of terminal acetylenes is 1. The predicted octanol–water partition coefficient (Wildman–Crippen LogP) is 2.41. The second kappa shape index (κ2) is 5.36. The monoisotopic (exact) mass is 307 g/mol. The number of hydrogen-bond acceptors (Lipinski definition) is 6. The Labute approximate surface area is 134 Å². The minimum atomic E-state index is -0.389. The molecule has 0 bridgehead atoms. The summed E-state index contributed by atoms with van der Waals surface area (Å²) < 4.78 is 4.70. The number of anilines is 1. The lowest BCUT2D eigenvalue weighted by Crippen LogP contribution is -2.15. The molecule has 3 rings (SSSR count). The highest BCUT2D eigenvalue weighted by atomic mass is 16.6. The van der Waals surface area contributed by atoms with E-state index in [9.17, 15) is 0 Å². The quantitative estimate of drug-likeness (QED) is 0.747. The van der Waals surface area contributed by atoms with E-state index in [1.807, 2.05) is 39.1 Å². The summed E-state index contributed by atoms with van der Waals surface area (Å²) in [5, 5.41) is 7.54. The summed E-state index contributed by atoms with van der Waals surface area (Å²) in [5.41, 5.74) is 10.8. The van der Waals surface area contributed by atoms with Gasteiger partial charge in [0.2, 0.25) is 5.65 Å². The number of hydrogen-bond donors (Lipinski definition) is 1. The summed E-state index contributed by atoms with van der Waals surface area (Å²) in [6.07, 6.45) is 7.97. The van der Waals surface area contributed by atoms with Crippen molar-refractivity contribution in [2.45, 2.75) is 32.6 Å². The fourth-order valence-electron chi connectivity index (χ4n) is 2.39. The lowest BCUT2D eigenvalue weighted by atomic mass is 9.89. The van der Waals surface area contributed by atoms with E-state index in [0.717, 1.165) is 22.5 Å². The number of aryl methyl sites for hydroxylation is 1. The molecule has 3 aromatic rings. The van der Waals surface area contributed by atoms with E-state index in [4.69, 9.17) is 16.8 Å². The van der Waals surface area contributed by atoms with Gasteiger partial charge in [-0.05, 0) is 42.7 Å². The molecule has 3 heterocycles. The Morgan fingerprint density at radius 2 is 2.09 bits per heavy atom. The molecular weight excluding hydrogens is 290 g/mol. The molecule has 0 fully saturated rings. The average Bonchev–Trinajstić information content (AvgIpc) is 3.00. The highest BCUT2D eigenvalue weighted by Gasteiger charge is 2.19. The molecule has 0 aliphatic rings. The zero-order valence-corrected chi connectivity index (χ0v) is 13.3. The van der Waals surface area contributed by atoms with Crippen LogP contribution in [0.2, 0.25) is 0 Å². The van der Waals surface area contributed by atoms with E-state index in [2.05, 4.69) is 26.2 Å². The lowest BCUT2D eigenvalue weighted by molar-refractivity contribution is 0.315. The Hall–Kier alpha value is -2.94. The first-order valence-electron chi connectivity index (χ1n) is 7.23. The number of aromatic nitrogens is 4. The van der Waals surface area contributed by atoms with Gasteiger partial charge < -0.3 is 5.73 Å². The van der Waals surface area contributed by atoms with Crippen LogP contribution in [0.15, 0.2) is 23.0 Å². The van der Waals surface area contributed by atoms with Crippen molar-refractivity contribution in [3.8, 4) is 12.3 Å². The summed E-state index contributed by atoms with van der Waals surface area (Å²) in [6, 6.07) is 3.95. The zero-order valence-electron chi connectivity index (χ0n) is 13.3. The van der Waals surface area contributed by atoms with Gasteiger partial charge >= 0.3 is 0 Å².